The molecule has 4 rings (SSSR count). The number of benzene rings is 3. The van der Waals surface area contributed by atoms with Crippen molar-refractivity contribution in [1.29, 1.82) is 0 Å². The Morgan fingerprint density at radius 1 is 1.03 bits per heavy atom. The molecule has 1 N–H and O–H groups in total. The smallest absolute Gasteiger partial charge is 0.343 e. The summed E-state index contributed by atoms with van der Waals surface area (Å²) < 4.78 is 17.5. The molecule has 0 bridgehead atoms. The Labute approximate surface area is 200 Å². The SMILES string of the molecule is O=C(Cc1ccccc1)N/N=C/c1cc(Br)cc(Br)c1OC(=O)c1ccc2c(c1)OCO2. The van der Waals surface area contributed by atoms with Gasteiger partial charge < -0.3 is 14.2 Å². The molecule has 1 aliphatic heterocycles. The average molecular weight is 560 g/mol. The number of nitrogens with zero attached hydrogens (tertiary/aromatic N) is 1. The number of carbonyl (C=O) groups is 2. The number of amides is 1. The molecule has 1 aliphatic rings. The average Bonchev–Trinajstić information content (AvgIpc) is 3.24. The van der Waals surface area contributed by atoms with Crippen LogP contribution in [0.5, 0.6) is 17.2 Å². The second-order valence-corrected chi connectivity index (χ2v) is 8.49. The molecular formula is C23H16Br2N2O5. The highest BCUT2D eigenvalue weighted by Gasteiger charge is 2.19. The van der Waals surface area contributed by atoms with E-state index in [1.807, 2.05) is 30.3 Å². The third-order valence-corrected chi connectivity index (χ3v) is 5.49. The lowest BCUT2D eigenvalue weighted by molar-refractivity contribution is -0.120. The lowest BCUT2D eigenvalue weighted by Crippen LogP contribution is -2.19. The summed E-state index contributed by atoms with van der Waals surface area (Å²) in [7, 11) is 0. The molecule has 3 aromatic rings. The quantitative estimate of drug-likeness (QED) is 0.202. The van der Waals surface area contributed by atoms with Crippen LogP contribution in [-0.2, 0) is 11.2 Å². The Morgan fingerprint density at radius 3 is 2.62 bits per heavy atom. The Balaban J connectivity index is 1.48. The zero-order valence-electron chi connectivity index (χ0n) is 16.5. The minimum absolute atomic E-state index is 0.114. The predicted molar refractivity (Wildman–Crippen MR) is 125 cm³/mol. The highest BCUT2D eigenvalue weighted by molar-refractivity contribution is 9.11. The third kappa shape index (κ3) is 5.35. The first-order chi connectivity index (χ1) is 15.5. The van der Waals surface area contributed by atoms with Gasteiger partial charge in [0.15, 0.2) is 17.2 Å². The van der Waals surface area contributed by atoms with Crippen LogP contribution in [0.2, 0.25) is 0 Å². The molecule has 0 spiro atoms. The minimum Gasteiger partial charge on any atom is -0.454 e. The van der Waals surface area contributed by atoms with E-state index >= 15 is 0 Å². The molecule has 0 atom stereocenters. The van der Waals surface area contributed by atoms with Crippen molar-refractivity contribution in [3.8, 4) is 17.2 Å². The summed E-state index contributed by atoms with van der Waals surface area (Å²) in [5.74, 6) is 0.481. The van der Waals surface area contributed by atoms with Crippen LogP contribution in [0.4, 0.5) is 0 Å². The second-order valence-electron chi connectivity index (χ2n) is 6.72. The number of rotatable bonds is 6. The molecular weight excluding hydrogens is 544 g/mol. The van der Waals surface area contributed by atoms with Gasteiger partial charge in [-0.2, -0.15) is 5.10 Å². The van der Waals surface area contributed by atoms with Crippen molar-refractivity contribution < 1.29 is 23.8 Å². The van der Waals surface area contributed by atoms with Crippen LogP contribution >= 0.6 is 31.9 Å². The molecule has 0 radical (unpaired) electrons. The first-order valence-electron chi connectivity index (χ1n) is 9.46. The minimum atomic E-state index is -0.575. The molecule has 0 saturated heterocycles. The first kappa shape index (κ1) is 22.0. The summed E-state index contributed by atoms with van der Waals surface area (Å²) in [5, 5.41) is 4.01. The molecule has 0 aliphatic carbocycles. The van der Waals surface area contributed by atoms with Crippen LogP contribution in [0.1, 0.15) is 21.5 Å². The molecule has 32 heavy (non-hydrogen) atoms. The van der Waals surface area contributed by atoms with Crippen LogP contribution in [-0.4, -0.2) is 24.9 Å². The number of hydrazone groups is 1. The molecule has 0 unspecified atom stereocenters. The summed E-state index contributed by atoms with van der Waals surface area (Å²) in [6.07, 6.45) is 1.62. The standard InChI is InChI=1S/C23H16Br2N2O5/c24-17-9-16(12-26-27-21(28)8-14-4-2-1-3-5-14)22(18(25)11-17)32-23(29)15-6-7-19-20(10-15)31-13-30-19/h1-7,9-12H,8,13H2,(H,27,28)/b26-12+. The molecule has 7 nitrogen and oxygen atoms in total. The number of halogens is 2. The van der Waals surface area contributed by atoms with Crippen LogP contribution in [0.3, 0.4) is 0 Å². The van der Waals surface area contributed by atoms with Crippen molar-refractivity contribution in [2.45, 2.75) is 6.42 Å². The van der Waals surface area contributed by atoms with E-state index in [9.17, 15) is 9.59 Å². The van der Waals surface area contributed by atoms with E-state index in [2.05, 4.69) is 42.4 Å². The first-order valence-corrected chi connectivity index (χ1v) is 11.0. The normalized spacial score (nSPS) is 12.1. The fraction of sp³-hybridized carbons (Fsp3) is 0.0870. The Kier molecular flexibility index (Phi) is 6.87. The van der Waals surface area contributed by atoms with Gasteiger partial charge >= 0.3 is 5.97 Å². The molecule has 1 amide bonds. The monoisotopic (exact) mass is 558 g/mol. The van der Waals surface area contributed by atoms with Gasteiger partial charge in [0, 0.05) is 10.0 Å². The summed E-state index contributed by atoms with van der Waals surface area (Å²) in [6.45, 7) is 0.114. The largest absolute Gasteiger partial charge is 0.454 e. The van der Waals surface area contributed by atoms with E-state index < -0.39 is 5.97 Å². The maximum atomic E-state index is 12.7. The molecule has 162 valence electrons. The fourth-order valence-corrected chi connectivity index (χ4v) is 4.29. The van der Waals surface area contributed by atoms with E-state index in [0.717, 1.165) is 10.0 Å². The maximum absolute atomic E-state index is 12.7. The number of hydrogen-bond acceptors (Lipinski definition) is 6. The van der Waals surface area contributed by atoms with Crippen LogP contribution in [0.25, 0.3) is 0 Å². The maximum Gasteiger partial charge on any atom is 0.343 e. The summed E-state index contributed by atoms with van der Waals surface area (Å²) in [6, 6.07) is 17.6. The Hall–Kier alpha value is -3.17. The third-order valence-electron chi connectivity index (χ3n) is 4.44. The van der Waals surface area contributed by atoms with Gasteiger partial charge in [-0.15, -0.1) is 0 Å². The molecule has 0 fully saturated rings. The molecule has 3 aromatic carbocycles. The fourth-order valence-electron chi connectivity index (χ4n) is 2.95. The molecule has 1 heterocycles. The summed E-state index contributed by atoms with van der Waals surface area (Å²) in [4.78, 5) is 24.8. The lowest BCUT2D eigenvalue weighted by atomic mass is 10.1. The number of esters is 1. The number of ether oxygens (including phenoxy) is 3. The zero-order chi connectivity index (χ0) is 22.5. The van der Waals surface area contributed by atoms with Crippen molar-refractivity contribution >= 4 is 50.0 Å². The van der Waals surface area contributed by atoms with Gasteiger partial charge in [0.25, 0.3) is 0 Å². The van der Waals surface area contributed by atoms with Gasteiger partial charge in [-0.05, 0) is 51.8 Å². The Bertz CT molecular complexity index is 1200. The topological polar surface area (TPSA) is 86.2 Å². The highest BCUT2D eigenvalue weighted by atomic mass is 79.9. The van der Waals surface area contributed by atoms with Crippen LogP contribution < -0.4 is 19.6 Å². The zero-order valence-corrected chi connectivity index (χ0v) is 19.7. The number of fused-ring (bicyclic) bond motifs is 1. The van der Waals surface area contributed by atoms with E-state index in [0.29, 0.717) is 27.1 Å². The van der Waals surface area contributed by atoms with Gasteiger partial charge in [0.2, 0.25) is 12.7 Å². The van der Waals surface area contributed by atoms with Crippen molar-refractivity contribution in [3.05, 3.63) is 86.3 Å². The van der Waals surface area contributed by atoms with E-state index in [1.165, 1.54) is 6.21 Å². The van der Waals surface area contributed by atoms with Crippen molar-refractivity contribution in [2.24, 2.45) is 5.10 Å². The van der Waals surface area contributed by atoms with E-state index in [-0.39, 0.29) is 24.9 Å². The predicted octanol–water partition coefficient (Wildman–Crippen LogP) is 4.85. The van der Waals surface area contributed by atoms with E-state index in [4.69, 9.17) is 14.2 Å². The van der Waals surface area contributed by atoms with Gasteiger partial charge in [0.1, 0.15) is 0 Å². The second kappa shape index (κ2) is 9.97. The Morgan fingerprint density at radius 2 is 1.81 bits per heavy atom. The van der Waals surface area contributed by atoms with Gasteiger partial charge in [0.05, 0.1) is 22.7 Å². The van der Waals surface area contributed by atoms with Crippen LogP contribution in [0.15, 0.2) is 74.7 Å². The van der Waals surface area contributed by atoms with Crippen molar-refractivity contribution in [1.82, 2.24) is 5.43 Å². The lowest BCUT2D eigenvalue weighted by Gasteiger charge is -2.11. The number of carbonyl (C=O) groups excluding carboxylic acids is 2. The van der Waals surface area contributed by atoms with Gasteiger partial charge in [-0.25, -0.2) is 10.2 Å². The van der Waals surface area contributed by atoms with Crippen LogP contribution in [0, 0.1) is 0 Å². The molecule has 9 heteroatoms. The van der Waals surface area contributed by atoms with Crippen molar-refractivity contribution in [2.75, 3.05) is 6.79 Å². The van der Waals surface area contributed by atoms with Gasteiger partial charge in [-0.1, -0.05) is 46.3 Å². The summed E-state index contributed by atoms with van der Waals surface area (Å²) in [5.41, 5.74) is 4.16. The number of nitrogens with one attached hydrogen (secondary N) is 1. The molecule has 0 aromatic heterocycles. The molecule has 0 saturated carbocycles. The summed E-state index contributed by atoms with van der Waals surface area (Å²) >= 11 is 6.82. The number of hydrogen-bond donors (Lipinski definition) is 1. The van der Waals surface area contributed by atoms with Gasteiger partial charge in [-0.3, -0.25) is 4.79 Å². The van der Waals surface area contributed by atoms with Crippen molar-refractivity contribution in [3.63, 3.8) is 0 Å². The highest BCUT2D eigenvalue weighted by Crippen LogP contribution is 2.35. The van der Waals surface area contributed by atoms with E-state index in [1.54, 1.807) is 30.3 Å².